The molecule has 0 saturated heterocycles. The highest BCUT2D eigenvalue weighted by molar-refractivity contribution is 7.71. The van der Waals surface area contributed by atoms with Gasteiger partial charge < -0.3 is 4.98 Å². The second kappa shape index (κ2) is 5.48. The summed E-state index contributed by atoms with van der Waals surface area (Å²) in [6, 6.07) is 8.65. The van der Waals surface area contributed by atoms with Crippen molar-refractivity contribution >= 4 is 23.4 Å². The number of aromatic nitrogens is 4. The third-order valence-corrected chi connectivity index (χ3v) is 4.14. The lowest BCUT2D eigenvalue weighted by Crippen LogP contribution is -2.01. The predicted octanol–water partition coefficient (Wildman–Crippen LogP) is 4.07. The van der Waals surface area contributed by atoms with Gasteiger partial charge in [0, 0.05) is 12.7 Å². The van der Waals surface area contributed by atoms with Gasteiger partial charge in [0.1, 0.15) is 5.52 Å². The van der Waals surface area contributed by atoms with Crippen molar-refractivity contribution in [2.24, 2.45) is 7.05 Å². The fourth-order valence-corrected chi connectivity index (χ4v) is 3.03. The van der Waals surface area contributed by atoms with Gasteiger partial charge in [-0.25, -0.2) is 4.68 Å². The summed E-state index contributed by atoms with van der Waals surface area (Å²) in [5.74, 6) is 0. The molecular weight excluding hydrogens is 280 g/mol. The summed E-state index contributed by atoms with van der Waals surface area (Å²) in [6.07, 6.45) is 3.59. The highest BCUT2D eigenvalue weighted by Crippen LogP contribution is 2.22. The fraction of sp³-hybridized carbons (Fsp3) is 0.375. The molecule has 0 unspecified atom stereocenters. The Hall–Kier alpha value is -1.88. The van der Waals surface area contributed by atoms with Crippen molar-refractivity contribution in [3.05, 3.63) is 40.3 Å². The lowest BCUT2D eigenvalue weighted by molar-refractivity contribution is 0.759. The van der Waals surface area contributed by atoms with Gasteiger partial charge >= 0.3 is 0 Å². The van der Waals surface area contributed by atoms with Crippen LogP contribution >= 0.6 is 12.2 Å². The Bertz CT molecular complexity index is 820. The molecule has 0 bridgehead atoms. The van der Waals surface area contributed by atoms with E-state index < -0.39 is 0 Å². The standard InChI is InChI=1S/C16H20N4S/c1-4-5-6-12-7-9-13(10-8-12)20-15-14(17-16(20)21)11(2)18-19(15)3/h7-10H,4-6H2,1-3H3,(H,17,21). The van der Waals surface area contributed by atoms with Crippen molar-refractivity contribution in [2.75, 3.05) is 0 Å². The molecule has 2 aromatic heterocycles. The molecule has 0 aliphatic carbocycles. The Balaban J connectivity index is 2.08. The second-order valence-corrected chi connectivity index (χ2v) is 5.83. The number of aromatic amines is 1. The average molecular weight is 300 g/mol. The van der Waals surface area contributed by atoms with E-state index in [9.17, 15) is 0 Å². The number of nitrogens with one attached hydrogen (secondary N) is 1. The highest BCUT2D eigenvalue weighted by atomic mass is 32.1. The lowest BCUT2D eigenvalue weighted by atomic mass is 10.1. The van der Waals surface area contributed by atoms with Crippen LogP contribution in [0.4, 0.5) is 0 Å². The minimum Gasteiger partial charge on any atom is -0.327 e. The minimum absolute atomic E-state index is 0.711. The van der Waals surface area contributed by atoms with E-state index >= 15 is 0 Å². The Morgan fingerprint density at radius 2 is 1.95 bits per heavy atom. The van der Waals surface area contributed by atoms with E-state index in [-0.39, 0.29) is 0 Å². The normalized spacial score (nSPS) is 11.4. The summed E-state index contributed by atoms with van der Waals surface area (Å²) >= 11 is 5.48. The van der Waals surface area contributed by atoms with Crippen molar-refractivity contribution in [3.8, 4) is 5.69 Å². The zero-order valence-electron chi connectivity index (χ0n) is 12.7. The maximum atomic E-state index is 5.48. The van der Waals surface area contributed by atoms with Gasteiger partial charge in [0.2, 0.25) is 0 Å². The van der Waals surface area contributed by atoms with Gasteiger partial charge in [-0.15, -0.1) is 0 Å². The molecule has 0 atom stereocenters. The number of unbranched alkanes of at least 4 members (excludes halogenated alkanes) is 1. The predicted molar refractivity (Wildman–Crippen MR) is 88.6 cm³/mol. The smallest absolute Gasteiger partial charge is 0.184 e. The summed E-state index contributed by atoms with van der Waals surface area (Å²) < 4.78 is 4.64. The van der Waals surface area contributed by atoms with Gasteiger partial charge in [0.15, 0.2) is 10.4 Å². The monoisotopic (exact) mass is 300 g/mol. The molecule has 5 heteroatoms. The largest absolute Gasteiger partial charge is 0.327 e. The molecular formula is C16H20N4S. The van der Waals surface area contributed by atoms with Crippen molar-refractivity contribution in [3.63, 3.8) is 0 Å². The molecule has 4 nitrogen and oxygen atoms in total. The van der Waals surface area contributed by atoms with E-state index in [2.05, 4.69) is 41.3 Å². The Labute approximate surface area is 129 Å². The number of benzene rings is 1. The molecule has 0 radical (unpaired) electrons. The molecule has 3 aromatic rings. The van der Waals surface area contributed by atoms with E-state index in [4.69, 9.17) is 12.2 Å². The minimum atomic E-state index is 0.711. The van der Waals surface area contributed by atoms with Crippen LogP contribution in [-0.4, -0.2) is 19.3 Å². The molecule has 110 valence electrons. The van der Waals surface area contributed by atoms with Crippen LogP contribution in [0.2, 0.25) is 0 Å². The van der Waals surface area contributed by atoms with Crippen LogP contribution in [-0.2, 0) is 13.5 Å². The zero-order valence-corrected chi connectivity index (χ0v) is 13.5. The Kier molecular flexibility index (Phi) is 3.68. The first-order valence-electron chi connectivity index (χ1n) is 7.35. The first kappa shape index (κ1) is 14.1. The molecule has 21 heavy (non-hydrogen) atoms. The fourth-order valence-electron chi connectivity index (χ4n) is 2.74. The Morgan fingerprint density at radius 1 is 1.24 bits per heavy atom. The van der Waals surface area contributed by atoms with E-state index in [1.54, 1.807) is 0 Å². The summed E-state index contributed by atoms with van der Waals surface area (Å²) in [4.78, 5) is 3.26. The number of imidazole rings is 1. The van der Waals surface area contributed by atoms with Gasteiger partial charge in [0.05, 0.1) is 5.69 Å². The number of hydrogen-bond donors (Lipinski definition) is 1. The molecule has 3 rings (SSSR count). The SMILES string of the molecule is CCCCc1ccc(-n2c(=S)[nH]c3c(C)nn(C)c32)cc1. The van der Waals surface area contributed by atoms with Crippen LogP contribution in [0.15, 0.2) is 24.3 Å². The summed E-state index contributed by atoms with van der Waals surface area (Å²) in [5, 5.41) is 4.45. The van der Waals surface area contributed by atoms with Gasteiger partial charge in [-0.05, 0) is 49.7 Å². The first-order valence-corrected chi connectivity index (χ1v) is 7.76. The van der Waals surface area contributed by atoms with Crippen LogP contribution in [0.25, 0.3) is 16.9 Å². The van der Waals surface area contributed by atoms with Crippen LogP contribution in [0, 0.1) is 11.7 Å². The summed E-state index contributed by atoms with van der Waals surface area (Å²) in [5.41, 5.74) is 5.45. The van der Waals surface area contributed by atoms with Gasteiger partial charge in [-0.3, -0.25) is 4.57 Å². The third kappa shape index (κ3) is 2.42. The number of H-pyrrole nitrogens is 1. The number of fused-ring (bicyclic) bond motifs is 1. The molecule has 0 saturated carbocycles. The van der Waals surface area contributed by atoms with Crippen molar-refractivity contribution < 1.29 is 0 Å². The van der Waals surface area contributed by atoms with Crippen LogP contribution < -0.4 is 0 Å². The van der Waals surface area contributed by atoms with Gasteiger partial charge in [0.25, 0.3) is 0 Å². The highest BCUT2D eigenvalue weighted by Gasteiger charge is 2.13. The third-order valence-electron chi connectivity index (χ3n) is 3.85. The average Bonchev–Trinajstić information content (AvgIpc) is 2.95. The quantitative estimate of drug-likeness (QED) is 0.738. The topological polar surface area (TPSA) is 38.5 Å². The van der Waals surface area contributed by atoms with Crippen LogP contribution in [0.5, 0.6) is 0 Å². The zero-order chi connectivity index (χ0) is 15.0. The molecule has 0 fully saturated rings. The van der Waals surface area contributed by atoms with Crippen molar-refractivity contribution in [2.45, 2.75) is 33.1 Å². The summed E-state index contributed by atoms with van der Waals surface area (Å²) in [7, 11) is 1.95. The number of hydrogen-bond acceptors (Lipinski definition) is 2. The van der Waals surface area contributed by atoms with E-state index in [1.165, 1.54) is 18.4 Å². The van der Waals surface area contributed by atoms with Crippen molar-refractivity contribution in [1.82, 2.24) is 19.3 Å². The lowest BCUT2D eigenvalue weighted by Gasteiger charge is -2.06. The van der Waals surface area contributed by atoms with Gasteiger partial charge in [-0.2, -0.15) is 5.10 Å². The molecule has 2 heterocycles. The molecule has 0 amide bonds. The van der Waals surface area contributed by atoms with E-state index in [0.717, 1.165) is 29.0 Å². The second-order valence-electron chi connectivity index (χ2n) is 5.44. The maximum Gasteiger partial charge on any atom is 0.184 e. The molecule has 1 N–H and O–H groups in total. The number of rotatable bonds is 4. The first-order chi connectivity index (χ1) is 10.1. The van der Waals surface area contributed by atoms with Crippen LogP contribution in [0.1, 0.15) is 31.0 Å². The summed E-state index contributed by atoms with van der Waals surface area (Å²) in [6.45, 7) is 4.21. The van der Waals surface area contributed by atoms with Gasteiger partial charge in [-0.1, -0.05) is 25.5 Å². The van der Waals surface area contributed by atoms with Crippen LogP contribution in [0.3, 0.4) is 0 Å². The maximum absolute atomic E-state index is 5.48. The number of aryl methyl sites for hydroxylation is 3. The molecule has 1 aromatic carbocycles. The Morgan fingerprint density at radius 3 is 2.62 bits per heavy atom. The molecule has 0 aliphatic rings. The van der Waals surface area contributed by atoms with E-state index in [0.29, 0.717) is 4.77 Å². The molecule has 0 aliphatic heterocycles. The molecule has 0 spiro atoms. The number of nitrogens with zero attached hydrogens (tertiary/aromatic N) is 3. The van der Waals surface area contributed by atoms with Crippen molar-refractivity contribution in [1.29, 1.82) is 0 Å². The van der Waals surface area contributed by atoms with E-state index in [1.807, 2.05) is 23.2 Å².